The zero-order valence-electron chi connectivity index (χ0n) is 25.2. The summed E-state index contributed by atoms with van der Waals surface area (Å²) in [5.74, 6) is 3.73. The van der Waals surface area contributed by atoms with Gasteiger partial charge in [-0.3, -0.25) is 0 Å². The molecule has 46 heavy (non-hydrogen) atoms. The number of para-hydroxylation sites is 4. The van der Waals surface area contributed by atoms with Crippen LogP contribution in [0.5, 0.6) is 23.0 Å². The van der Waals surface area contributed by atoms with Crippen molar-refractivity contribution in [3.8, 4) is 28.7 Å². The van der Waals surface area contributed by atoms with E-state index in [4.69, 9.17) is 38.4 Å². The molecule has 8 nitrogen and oxygen atoms in total. The molecule has 0 spiro atoms. The zero-order valence-corrected chi connectivity index (χ0v) is 27.6. The number of hydrogen-bond acceptors (Lipinski definition) is 7. The molecule has 0 bridgehead atoms. The highest BCUT2D eigenvalue weighted by atomic mass is 35.5. The molecule has 0 aliphatic carbocycles. The van der Waals surface area contributed by atoms with Gasteiger partial charge in [-0.25, -0.2) is 0 Å². The van der Waals surface area contributed by atoms with Gasteiger partial charge in [0, 0.05) is 24.2 Å². The van der Waals surface area contributed by atoms with Gasteiger partial charge in [0.15, 0.2) is 0 Å². The molecule has 0 amide bonds. The van der Waals surface area contributed by atoms with Gasteiger partial charge in [-0.2, -0.15) is 4.68 Å². The molecular weight excluding hydrogens is 643 g/mol. The summed E-state index contributed by atoms with van der Waals surface area (Å²) >= 11 is 12.4. The lowest BCUT2D eigenvalue weighted by atomic mass is 10.2. The first-order chi connectivity index (χ1) is 21.9. The normalized spacial score (nSPS) is 10.3. The van der Waals surface area contributed by atoms with Crippen LogP contribution >= 0.6 is 35.6 Å². The highest BCUT2D eigenvalue weighted by Crippen LogP contribution is 2.31. The van der Waals surface area contributed by atoms with E-state index < -0.39 is 0 Å². The Labute approximate surface area is 284 Å². The number of aryl methyl sites for hydroxylation is 2. The Morgan fingerprint density at radius 3 is 1.78 bits per heavy atom. The topological polar surface area (TPSA) is 100 Å². The summed E-state index contributed by atoms with van der Waals surface area (Å²) in [5.41, 5.74) is 10.4. The Bertz CT molecular complexity index is 1880. The molecule has 5 aromatic carbocycles. The van der Waals surface area contributed by atoms with E-state index in [2.05, 4.69) is 20.8 Å². The molecule has 0 aliphatic heterocycles. The summed E-state index contributed by atoms with van der Waals surface area (Å²) in [6, 6.07) is 36.8. The highest BCUT2D eigenvalue weighted by molar-refractivity contribution is 6.43. The standard InChI is InChI=1S/C21H17Cl2N5O.C14H15NO.ClH/c1-14-7-2-4-11-18(14)29-19-12-5-3-8-15(19)13-24-21-25-26-27-28(21)17-10-6-9-16(22)20(17)23;1-11-6-2-4-8-13(11)16-14-9-5-3-7-12(14)10-15;/h2-12H,13H2,1H3,(H,24,25,27);2-9H,10,15H2,1H3;1H. The maximum absolute atomic E-state index is 6.31. The van der Waals surface area contributed by atoms with Gasteiger partial charge in [-0.15, -0.1) is 12.4 Å². The number of nitrogens with two attached hydrogens (primary N) is 1. The number of anilines is 1. The lowest BCUT2D eigenvalue weighted by molar-refractivity contribution is 0.472. The average molecular weight is 676 g/mol. The van der Waals surface area contributed by atoms with Crippen molar-refractivity contribution >= 4 is 41.6 Å². The van der Waals surface area contributed by atoms with Crippen LogP contribution in [-0.2, 0) is 13.1 Å². The molecule has 0 unspecified atom stereocenters. The van der Waals surface area contributed by atoms with E-state index in [0.29, 0.717) is 34.8 Å². The van der Waals surface area contributed by atoms with E-state index in [1.54, 1.807) is 18.2 Å². The minimum atomic E-state index is 0. The quantitative estimate of drug-likeness (QED) is 0.158. The van der Waals surface area contributed by atoms with E-state index in [1.165, 1.54) is 4.68 Å². The molecule has 6 aromatic rings. The molecule has 0 saturated carbocycles. The molecule has 0 atom stereocenters. The smallest absolute Gasteiger partial charge is 0.248 e. The van der Waals surface area contributed by atoms with Gasteiger partial charge in [0.25, 0.3) is 0 Å². The highest BCUT2D eigenvalue weighted by Gasteiger charge is 2.14. The predicted octanol–water partition coefficient (Wildman–Crippen LogP) is 9.35. The maximum atomic E-state index is 6.31. The number of tetrazole rings is 1. The van der Waals surface area contributed by atoms with E-state index >= 15 is 0 Å². The summed E-state index contributed by atoms with van der Waals surface area (Å²) in [5, 5.41) is 15.9. The number of rotatable bonds is 9. The van der Waals surface area contributed by atoms with E-state index in [0.717, 1.165) is 45.3 Å². The SMILES string of the molecule is Cc1ccccc1Oc1ccccc1CN.Cc1ccccc1Oc1ccccc1CNc1nnnn1-c1cccc(Cl)c1Cl.Cl. The van der Waals surface area contributed by atoms with Gasteiger partial charge in [0.05, 0.1) is 15.7 Å². The predicted molar refractivity (Wildman–Crippen MR) is 187 cm³/mol. The summed E-state index contributed by atoms with van der Waals surface area (Å²) in [6.45, 7) is 4.99. The third-order valence-corrected chi connectivity index (χ3v) is 7.67. The van der Waals surface area contributed by atoms with E-state index in [9.17, 15) is 0 Å². The van der Waals surface area contributed by atoms with Crippen LogP contribution in [-0.4, -0.2) is 20.2 Å². The molecule has 0 radical (unpaired) electrons. The van der Waals surface area contributed by atoms with Crippen LogP contribution in [0.3, 0.4) is 0 Å². The minimum absolute atomic E-state index is 0. The molecule has 1 aromatic heterocycles. The fourth-order valence-corrected chi connectivity index (χ4v) is 4.77. The van der Waals surface area contributed by atoms with Gasteiger partial charge in [-0.05, 0) is 71.8 Å². The number of ether oxygens (including phenoxy) is 2. The zero-order chi connectivity index (χ0) is 31.6. The number of halogens is 3. The Balaban J connectivity index is 0.000000240. The largest absolute Gasteiger partial charge is 0.457 e. The van der Waals surface area contributed by atoms with Crippen molar-refractivity contribution in [3.63, 3.8) is 0 Å². The second-order valence-corrected chi connectivity index (χ2v) is 10.8. The first-order valence-electron chi connectivity index (χ1n) is 14.2. The van der Waals surface area contributed by atoms with Crippen LogP contribution in [0.4, 0.5) is 5.95 Å². The Morgan fingerprint density at radius 1 is 0.674 bits per heavy atom. The average Bonchev–Trinajstić information content (AvgIpc) is 3.53. The summed E-state index contributed by atoms with van der Waals surface area (Å²) in [4.78, 5) is 0. The lowest BCUT2D eigenvalue weighted by Gasteiger charge is -2.14. The monoisotopic (exact) mass is 674 g/mol. The second-order valence-electron chi connectivity index (χ2n) is 10.00. The van der Waals surface area contributed by atoms with Crippen molar-refractivity contribution in [2.45, 2.75) is 26.9 Å². The molecule has 11 heteroatoms. The van der Waals surface area contributed by atoms with Crippen molar-refractivity contribution in [2.24, 2.45) is 5.73 Å². The van der Waals surface area contributed by atoms with Gasteiger partial charge < -0.3 is 20.5 Å². The van der Waals surface area contributed by atoms with E-state index in [-0.39, 0.29) is 12.4 Å². The number of nitrogens with one attached hydrogen (secondary N) is 1. The Hall–Kier alpha value is -4.60. The second kappa shape index (κ2) is 16.6. The molecule has 1 heterocycles. The van der Waals surface area contributed by atoms with Gasteiger partial charge in [-0.1, -0.05) is 107 Å². The molecular formula is C35H33Cl3N6O2. The number of nitrogens with zero attached hydrogens (tertiary/aromatic N) is 4. The van der Waals surface area contributed by atoms with Crippen molar-refractivity contribution in [1.29, 1.82) is 0 Å². The molecule has 0 aliphatic rings. The molecule has 6 rings (SSSR count). The minimum Gasteiger partial charge on any atom is -0.457 e. The molecule has 0 saturated heterocycles. The van der Waals surface area contributed by atoms with Gasteiger partial charge in [0.1, 0.15) is 23.0 Å². The number of aromatic nitrogens is 4. The Morgan fingerprint density at radius 2 is 1.20 bits per heavy atom. The molecule has 236 valence electrons. The molecule has 0 fully saturated rings. The third kappa shape index (κ3) is 8.56. The van der Waals surface area contributed by atoms with Gasteiger partial charge in [0.2, 0.25) is 5.95 Å². The van der Waals surface area contributed by atoms with Crippen LogP contribution in [0.15, 0.2) is 115 Å². The first-order valence-corrected chi connectivity index (χ1v) is 15.0. The van der Waals surface area contributed by atoms with Crippen LogP contribution in [0, 0.1) is 13.8 Å². The van der Waals surface area contributed by atoms with Gasteiger partial charge >= 0.3 is 0 Å². The lowest BCUT2D eigenvalue weighted by Crippen LogP contribution is -2.08. The summed E-state index contributed by atoms with van der Waals surface area (Å²) in [7, 11) is 0. The van der Waals surface area contributed by atoms with Crippen molar-refractivity contribution in [1.82, 2.24) is 20.2 Å². The number of benzene rings is 5. The maximum Gasteiger partial charge on any atom is 0.248 e. The third-order valence-electron chi connectivity index (χ3n) is 6.86. The van der Waals surface area contributed by atoms with Crippen LogP contribution in [0.1, 0.15) is 22.3 Å². The fraction of sp³-hybridized carbons (Fsp3) is 0.114. The van der Waals surface area contributed by atoms with Crippen molar-refractivity contribution < 1.29 is 9.47 Å². The first kappa shape index (κ1) is 34.3. The van der Waals surface area contributed by atoms with E-state index in [1.807, 2.05) is 111 Å². The van der Waals surface area contributed by atoms with Crippen LogP contribution < -0.4 is 20.5 Å². The summed E-state index contributed by atoms with van der Waals surface area (Å²) < 4.78 is 13.5. The van der Waals surface area contributed by atoms with Crippen LogP contribution in [0.25, 0.3) is 5.69 Å². The summed E-state index contributed by atoms with van der Waals surface area (Å²) in [6.07, 6.45) is 0. The van der Waals surface area contributed by atoms with Crippen molar-refractivity contribution in [2.75, 3.05) is 5.32 Å². The van der Waals surface area contributed by atoms with Crippen LogP contribution in [0.2, 0.25) is 10.0 Å². The Kier molecular flexibility index (Phi) is 12.4. The van der Waals surface area contributed by atoms with Crippen molar-refractivity contribution in [3.05, 3.63) is 148 Å². The fourth-order valence-electron chi connectivity index (χ4n) is 4.39. The number of hydrogen-bond donors (Lipinski definition) is 2. The molecule has 3 N–H and O–H groups in total.